The Morgan fingerprint density at radius 2 is 1.95 bits per heavy atom. The predicted molar refractivity (Wildman–Crippen MR) is 87.1 cm³/mol. The van der Waals surface area contributed by atoms with E-state index in [4.69, 9.17) is 4.74 Å². The molecule has 0 aromatic heterocycles. The first-order valence-electron chi connectivity index (χ1n) is 7.62. The van der Waals surface area contributed by atoms with E-state index < -0.39 is 0 Å². The van der Waals surface area contributed by atoms with Gasteiger partial charge in [0.1, 0.15) is 5.75 Å². The van der Waals surface area contributed by atoms with Crippen LogP contribution in [0.2, 0.25) is 0 Å². The molecule has 0 aliphatic heterocycles. The maximum Gasteiger partial charge on any atom is 0.314 e. The van der Waals surface area contributed by atoms with E-state index in [0.717, 1.165) is 31.6 Å². The Morgan fingerprint density at radius 3 is 2.52 bits per heavy atom. The van der Waals surface area contributed by atoms with Gasteiger partial charge >= 0.3 is 5.97 Å². The fourth-order valence-corrected chi connectivity index (χ4v) is 3.04. The summed E-state index contributed by atoms with van der Waals surface area (Å²) in [7, 11) is 0. The minimum absolute atomic E-state index is 0.0526. The molecule has 3 nitrogen and oxygen atoms in total. The minimum atomic E-state index is -0.101. The van der Waals surface area contributed by atoms with E-state index in [2.05, 4.69) is 29.3 Å². The van der Waals surface area contributed by atoms with E-state index >= 15 is 0 Å². The maximum atomic E-state index is 12.2. The standard InChI is InChI=1S/C17H21NO2S/c1-2-3-13-4-6-14(7-5-13)17(19)20-16-10-8-15(9-11-16)18-12-21/h8-11,13-14H,2-7H2,1H3/t13-,14-. The number of nitrogens with zero attached hydrogens (tertiary/aromatic N) is 1. The molecule has 0 N–H and O–H groups in total. The number of rotatable bonds is 5. The highest BCUT2D eigenvalue weighted by atomic mass is 32.1. The lowest BCUT2D eigenvalue weighted by molar-refractivity contribution is -0.140. The van der Waals surface area contributed by atoms with Crippen LogP contribution in [0.3, 0.4) is 0 Å². The van der Waals surface area contributed by atoms with Gasteiger partial charge in [-0.05, 0) is 68.1 Å². The van der Waals surface area contributed by atoms with Gasteiger partial charge in [0.25, 0.3) is 0 Å². The summed E-state index contributed by atoms with van der Waals surface area (Å²) in [5, 5.41) is 2.31. The number of esters is 1. The van der Waals surface area contributed by atoms with Crippen LogP contribution in [0.25, 0.3) is 0 Å². The van der Waals surface area contributed by atoms with E-state index in [1.165, 1.54) is 12.8 Å². The molecule has 4 heteroatoms. The van der Waals surface area contributed by atoms with Crippen molar-refractivity contribution in [2.45, 2.75) is 45.4 Å². The third-order valence-electron chi connectivity index (χ3n) is 4.11. The Hall–Kier alpha value is -1.51. The van der Waals surface area contributed by atoms with Crippen molar-refractivity contribution in [2.75, 3.05) is 0 Å². The molecule has 0 spiro atoms. The maximum absolute atomic E-state index is 12.2. The van der Waals surface area contributed by atoms with Crippen molar-refractivity contribution in [1.82, 2.24) is 0 Å². The molecule has 0 heterocycles. The second kappa shape index (κ2) is 8.06. The number of aliphatic imine (C=N–C) groups is 1. The Bertz CT molecular complexity index is 512. The first-order valence-corrected chi connectivity index (χ1v) is 8.03. The zero-order chi connectivity index (χ0) is 15.1. The molecule has 1 saturated carbocycles. The average molecular weight is 303 g/mol. The van der Waals surface area contributed by atoms with Crippen molar-refractivity contribution in [3.8, 4) is 5.75 Å². The van der Waals surface area contributed by atoms with E-state index in [1.54, 1.807) is 24.3 Å². The molecule has 0 unspecified atom stereocenters. The largest absolute Gasteiger partial charge is 0.426 e. The first kappa shape index (κ1) is 15.9. The van der Waals surface area contributed by atoms with Crippen LogP contribution in [0.4, 0.5) is 5.69 Å². The van der Waals surface area contributed by atoms with Crippen molar-refractivity contribution in [3.05, 3.63) is 24.3 Å². The molecule has 1 fully saturated rings. The summed E-state index contributed by atoms with van der Waals surface area (Å²) in [5.74, 6) is 1.32. The molecule has 1 aromatic carbocycles. The molecule has 112 valence electrons. The van der Waals surface area contributed by atoms with E-state index in [9.17, 15) is 4.79 Å². The summed E-state index contributed by atoms with van der Waals surface area (Å²) >= 11 is 4.55. The molecule has 21 heavy (non-hydrogen) atoms. The molecule has 2 rings (SSSR count). The van der Waals surface area contributed by atoms with E-state index in [-0.39, 0.29) is 11.9 Å². The average Bonchev–Trinajstić information content (AvgIpc) is 2.50. The zero-order valence-corrected chi connectivity index (χ0v) is 13.2. The Labute approximate surface area is 131 Å². The van der Waals surface area contributed by atoms with Gasteiger partial charge in [0, 0.05) is 0 Å². The van der Waals surface area contributed by atoms with Crippen molar-refractivity contribution in [3.63, 3.8) is 0 Å². The number of hydrogen-bond acceptors (Lipinski definition) is 4. The normalized spacial score (nSPS) is 21.4. The highest BCUT2D eigenvalue weighted by Crippen LogP contribution is 2.32. The molecule has 0 radical (unpaired) electrons. The minimum Gasteiger partial charge on any atom is -0.426 e. The number of carbonyl (C=O) groups is 1. The number of benzene rings is 1. The van der Waals surface area contributed by atoms with Gasteiger partial charge in [0.05, 0.1) is 16.8 Å². The smallest absolute Gasteiger partial charge is 0.314 e. The van der Waals surface area contributed by atoms with Crippen LogP contribution in [0.15, 0.2) is 29.3 Å². The number of ether oxygens (including phenoxy) is 1. The number of isothiocyanates is 1. The summed E-state index contributed by atoms with van der Waals surface area (Å²) in [4.78, 5) is 16.0. The summed E-state index contributed by atoms with van der Waals surface area (Å²) in [6, 6.07) is 7.01. The van der Waals surface area contributed by atoms with Crippen LogP contribution < -0.4 is 4.74 Å². The number of carbonyl (C=O) groups excluding carboxylic acids is 1. The fraction of sp³-hybridized carbons (Fsp3) is 0.529. The van der Waals surface area contributed by atoms with Gasteiger partial charge < -0.3 is 4.74 Å². The lowest BCUT2D eigenvalue weighted by Gasteiger charge is -2.26. The van der Waals surface area contributed by atoms with Crippen LogP contribution >= 0.6 is 12.2 Å². The predicted octanol–water partition coefficient (Wildman–Crippen LogP) is 4.93. The van der Waals surface area contributed by atoms with Gasteiger partial charge in [-0.3, -0.25) is 4.79 Å². The zero-order valence-electron chi connectivity index (χ0n) is 12.4. The summed E-state index contributed by atoms with van der Waals surface area (Å²) in [5.41, 5.74) is 0.713. The lowest BCUT2D eigenvalue weighted by Crippen LogP contribution is -2.25. The molecule has 0 bridgehead atoms. The highest BCUT2D eigenvalue weighted by Gasteiger charge is 2.27. The Morgan fingerprint density at radius 1 is 1.29 bits per heavy atom. The second-order valence-electron chi connectivity index (χ2n) is 5.62. The van der Waals surface area contributed by atoms with Crippen LogP contribution in [0.1, 0.15) is 45.4 Å². The molecule has 1 aromatic rings. The first-order chi connectivity index (χ1) is 10.2. The number of hydrogen-bond donors (Lipinski definition) is 0. The molecule has 1 aliphatic rings. The van der Waals surface area contributed by atoms with Gasteiger partial charge in [-0.1, -0.05) is 19.8 Å². The summed E-state index contributed by atoms with van der Waals surface area (Å²) < 4.78 is 5.46. The topological polar surface area (TPSA) is 38.7 Å². The van der Waals surface area contributed by atoms with Crippen molar-refractivity contribution < 1.29 is 9.53 Å². The third kappa shape index (κ3) is 4.76. The van der Waals surface area contributed by atoms with Gasteiger partial charge in [-0.25, -0.2) is 0 Å². The van der Waals surface area contributed by atoms with Crippen LogP contribution in [-0.4, -0.2) is 11.1 Å². The van der Waals surface area contributed by atoms with Gasteiger partial charge in [-0.2, -0.15) is 4.99 Å². The molecule has 0 atom stereocenters. The fourth-order valence-electron chi connectivity index (χ4n) is 2.94. The van der Waals surface area contributed by atoms with E-state index in [0.29, 0.717) is 11.4 Å². The molecular formula is C17H21NO2S. The molecule has 0 saturated heterocycles. The van der Waals surface area contributed by atoms with Gasteiger partial charge in [0.15, 0.2) is 0 Å². The van der Waals surface area contributed by atoms with Crippen LogP contribution in [0.5, 0.6) is 5.75 Å². The Kier molecular flexibility index (Phi) is 6.09. The van der Waals surface area contributed by atoms with Crippen LogP contribution in [-0.2, 0) is 4.79 Å². The third-order valence-corrected chi connectivity index (χ3v) is 4.20. The SMILES string of the molecule is CCC[C@H]1CC[C@H](C(=O)Oc2ccc(N=C=S)cc2)CC1. The monoisotopic (exact) mass is 303 g/mol. The van der Waals surface area contributed by atoms with Crippen molar-refractivity contribution in [1.29, 1.82) is 0 Å². The van der Waals surface area contributed by atoms with Crippen molar-refractivity contribution in [2.24, 2.45) is 16.8 Å². The quantitative estimate of drug-likeness (QED) is 0.335. The molecule has 0 amide bonds. The number of thiocarbonyl (C=S) groups is 1. The lowest BCUT2D eigenvalue weighted by atomic mass is 9.80. The Balaban J connectivity index is 1.85. The van der Waals surface area contributed by atoms with Gasteiger partial charge in [0.2, 0.25) is 0 Å². The van der Waals surface area contributed by atoms with Crippen molar-refractivity contribution >= 4 is 29.0 Å². The molecule has 1 aliphatic carbocycles. The van der Waals surface area contributed by atoms with E-state index in [1.807, 2.05) is 0 Å². The summed E-state index contributed by atoms with van der Waals surface area (Å²) in [6.07, 6.45) is 6.72. The second-order valence-corrected chi connectivity index (χ2v) is 5.81. The summed E-state index contributed by atoms with van der Waals surface area (Å²) in [6.45, 7) is 2.22. The highest BCUT2D eigenvalue weighted by molar-refractivity contribution is 7.78. The molecular weight excluding hydrogens is 282 g/mol. The van der Waals surface area contributed by atoms with Crippen LogP contribution in [0, 0.1) is 11.8 Å². The van der Waals surface area contributed by atoms with Gasteiger partial charge in [-0.15, -0.1) is 0 Å².